The van der Waals surface area contributed by atoms with Gasteiger partial charge in [-0.25, -0.2) is 0 Å². The van der Waals surface area contributed by atoms with Gasteiger partial charge in [0.05, 0.1) is 0 Å². The van der Waals surface area contributed by atoms with Crippen molar-refractivity contribution in [1.29, 1.82) is 0 Å². The summed E-state index contributed by atoms with van der Waals surface area (Å²) in [6, 6.07) is 4.52. The van der Waals surface area contributed by atoms with E-state index in [4.69, 9.17) is 0 Å². The molecule has 3 heteroatoms. The summed E-state index contributed by atoms with van der Waals surface area (Å²) in [5.74, 6) is 0.710. The van der Waals surface area contributed by atoms with Crippen LogP contribution in [0.3, 0.4) is 0 Å². The fraction of sp³-hybridized carbons (Fsp3) is 0.667. The molecule has 1 aliphatic heterocycles. The second-order valence-corrected chi connectivity index (χ2v) is 5.53. The molecule has 0 spiro atoms. The Kier molecular flexibility index (Phi) is 5.14. The summed E-state index contributed by atoms with van der Waals surface area (Å²) in [7, 11) is 0. The van der Waals surface area contributed by atoms with Crippen molar-refractivity contribution in [3.05, 3.63) is 30.1 Å². The molecule has 1 aliphatic rings. The minimum atomic E-state index is 0.389. The lowest BCUT2D eigenvalue weighted by atomic mass is 10.1. The molecule has 0 aliphatic carbocycles. The SMILES string of the molecule is CC(CNC(C)c1cccnc1)CN1CCCC1. The number of nitrogens with zero attached hydrogens (tertiary/aromatic N) is 2. The molecule has 1 fully saturated rings. The van der Waals surface area contributed by atoms with Gasteiger partial charge in [0, 0.05) is 25.0 Å². The third-order valence-corrected chi connectivity index (χ3v) is 3.73. The van der Waals surface area contributed by atoms with Crippen molar-refractivity contribution in [3.8, 4) is 0 Å². The van der Waals surface area contributed by atoms with Crippen LogP contribution >= 0.6 is 0 Å². The minimum absolute atomic E-state index is 0.389. The highest BCUT2D eigenvalue weighted by atomic mass is 15.1. The van der Waals surface area contributed by atoms with Crippen LogP contribution in [0.2, 0.25) is 0 Å². The molecule has 1 aromatic heterocycles. The summed E-state index contributed by atoms with van der Waals surface area (Å²) in [6.45, 7) is 9.44. The fourth-order valence-electron chi connectivity index (χ4n) is 2.60. The van der Waals surface area contributed by atoms with Crippen molar-refractivity contribution < 1.29 is 0 Å². The van der Waals surface area contributed by atoms with Gasteiger partial charge in [0.25, 0.3) is 0 Å². The summed E-state index contributed by atoms with van der Waals surface area (Å²) in [5.41, 5.74) is 1.27. The van der Waals surface area contributed by atoms with E-state index in [-0.39, 0.29) is 0 Å². The van der Waals surface area contributed by atoms with Crippen molar-refractivity contribution in [2.45, 2.75) is 32.7 Å². The Morgan fingerprint density at radius 2 is 2.11 bits per heavy atom. The highest BCUT2D eigenvalue weighted by Gasteiger charge is 2.15. The molecule has 1 aromatic rings. The first kappa shape index (κ1) is 13.5. The Labute approximate surface area is 111 Å². The van der Waals surface area contributed by atoms with Crippen molar-refractivity contribution in [3.63, 3.8) is 0 Å². The fourth-order valence-corrected chi connectivity index (χ4v) is 2.60. The quantitative estimate of drug-likeness (QED) is 0.837. The Hall–Kier alpha value is -0.930. The number of hydrogen-bond acceptors (Lipinski definition) is 3. The monoisotopic (exact) mass is 247 g/mol. The molecule has 2 rings (SSSR count). The minimum Gasteiger partial charge on any atom is -0.310 e. The zero-order valence-electron chi connectivity index (χ0n) is 11.6. The smallest absolute Gasteiger partial charge is 0.0315 e. The van der Waals surface area contributed by atoms with Gasteiger partial charge in [-0.1, -0.05) is 13.0 Å². The predicted molar refractivity (Wildman–Crippen MR) is 75.5 cm³/mol. The molecule has 2 heterocycles. The summed E-state index contributed by atoms with van der Waals surface area (Å²) < 4.78 is 0. The molecule has 18 heavy (non-hydrogen) atoms. The van der Waals surface area contributed by atoms with E-state index in [0.717, 1.165) is 6.54 Å². The molecule has 0 saturated carbocycles. The molecule has 3 nitrogen and oxygen atoms in total. The van der Waals surface area contributed by atoms with Gasteiger partial charge in [0.2, 0.25) is 0 Å². The van der Waals surface area contributed by atoms with Gasteiger partial charge >= 0.3 is 0 Å². The zero-order valence-corrected chi connectivity index (χ0v) is 11.6. The molecule has 2 atom stereocenters. The van der Waals surface area contributed by atoms with Gasteiger partial charge in [-0.3, -0.25) is 4.98 Å². The van der Waals surface area contributed by atoms with Gasteiger partial charge in [0.15, 0.2) is 0 Å². The highest BCUT2D eigenvalue weighted by Crippen LogP contribution is 2.12. The van der Waals surface area contributed by atoms with E-state index in [1.54, 1.807) is 0 Å². The predicted octanol–water partition coefficient (Wildman–Crippen LogP) is 2.46. The van der Waals surface area contributed by atoms with Crippen molar-refractivity contribution in [2.24, 2.45) is 5.92 Å². The van der Waals surface area contributed by atoms with Gasteiger partial charge in [-0.2, -0.15) is 0 Å². The van der Waals surface area contributed by atoms with Crippen LogP contribution in [0.15, 0.2) is 24.5 Å². The zero-order chi connectivity index (χ0) is 12.8. The Morgan fingerprint density at radius 1 is 1.33 bits per heavy atom. The normalized spacial score (nSPS) is 19.9. The Morgan fingerprint density at radius 3 is 2.78 bits per heavy atom. The van der Waals surface area contributed by atoms with E-state index >= 15 is 0 Å². The van der Waals surface area contributed by atoms with E-state index in [1.807, 2.05) is 18.5 Å². The van der Waals surface area contributed by atoms with E-state index < -0.39 is 0 Å². The molecule has 0 radical (unpaired) electrons. The van der Waals surface area contributed by atoms with Crippen molar-refractivity contribution in [2.75, 3.05) is 26.2 Å². The molecule has 0 bridgehead atoms. The largest absolute Gasteiger partial charge is 0.310 e. The molecule has 2 unspecified atom stereocenters. The number of aromatic nitrogens is 1. The van der Waals surface area contributed by atoms with Gasteiger partial charge in [-0.15, -0.1) is 0 Å². The molecular formula is C15H25N3. The van der Waals surface area contributed by atoms with Crippen LogP contribution < -0.4 is 5.32 Å². The van der Waals surface area contributed by atoms with Crippen molar-refractivity contribution >= 4 is 0 Å². The lowest BCUT2D eigenvalue weighted by Crippen LogP contribution is -2.32. The molecule has 1 N–H and O–H groups in total. The first-order chi connectivity index (χ1) is 8.75. The van der Waals surface area contributed by atoms with Gasteiger partial charge in [0.1, 0.15) is 0 Å². The number of likely N-dealkylation sites (tertiary alicyclic amines) is 1. The highest BCUT2D eigenvalue weighted by molar-refractivity contribution is 5.12. The van der Waals surface area contributed by atoms with Crippen LogP contribution in [-0.4, -0.2) is 36.1 Å². The third kappa shape index (κ3) is 4.07. The molecule has 0 aromatic carbocycles. The third-order valence-electron chi connectivity index (χ3n) is 3.73. The molecule has 100 valence electrons. The number of hydrogen-bond donors (Lipinski definition) is 1. The van der Waals surface area contributed by atoms with Crippen LogP contribution in [0.5, 0.6) is 0 Å². The van der Waals surface area contributed by atoms with Gasteiger partial charge < -0.3 is 10.2 Å². The maximum absolute atomic E-state index is 4.17. The molecular weight excluding hydrogens is 222 g/mol. The average Bonchev–Trinajstić information content (AvgIpc) is 2.90. The number of rotatable bonds is 6. The second kappa shape index (κ2) is 6.86. The Balaban J connectivity index is 1.70. The van der Waals surface area contributed by atoms with E-state index in [0.29, 0.717) is 12.0 Å². The molecule has 1 saturated heterocycles. The average molecular weight is 247 g/mol. The van der Waals surface area contributed by atoms with Crippen molar-refractivity contribution in [1.82, 2.24) is 15.2 Å². The van der Waals surface area contributed by atoms with Crippen LogP contribution in [0.25, 0.3) is 0 Å². The van der Waals surface area contributed by atoms with E-state index in [9.17, 15) is 0 Å². The Bertz CT molecular complexity index is 333. The topological polar surface area (TPSA) is 28.2 Å². The molecule has 0 amide bonds. The maximum Gasteiger partial charge on any atom is 0.0315 e. The van der Waals surface area contributed by atoms with Gasteiger partial charge in [-0.05, 0) is 56.9 Å². The lowest BCUT2D eigenvalue weighted by Gasteiger charge is -2.22. The summed E-state index contributed by atoms with van der Waals surface area (Å²) >= 11 is 0. The summed E-state index contributed by atoms with van der Waals surface area (Å²) in [5, 5.41) is 3.61. The second-order valence-electron chi connectivity index (χ2n) is 5.53. The van der Waals surface area contributed by atoms with E-state index in [1.165, 1.54) is 38.0 Å². The van der Waals surface area contributed by atoms with Crippen LogP contribution in [-0.2, 0) is 0 Å². The summed E-state index contributed by atoms with van der Waals surface area (Å²) in [4.78, 5) is 6.75. The standard InChI is InChI=1S/C15H25N3/c1-13(12-18-8-3-4-9-18)10-17-14(2)15-6-5-7-16-11-15/h5-7,11,13-14,17H,3-4,8-10,12H2,1-2H3. The van der Waals surface area contributed by atoms with Crippen LogP contribution in [0.4, 0.5) is 0 Å². The first-order valence-electron chi connectivity index (χ1n) is 7.11. The maximum atomic E-state index is 4.17. The van der Waals surface area contributed by atoms with E-state index in [2.05, 4.69) is 35.1 Å². The number of pyridine rings is 1. The summed E-state index contributed by atoms with van der Waals surface area (Å²) in [6.07, 6.45) is 6.54. The van der Waals surface area contributed by atoms with Crippen LogP contribution in [0, 0.1) is 5.92 Å². The lowest BCUT2D eigenvalue weighted by molar-refractivity contribution is 0.279. The first-order valence-corrected chi connectivity index (χ1v) is 7.11. The number of nitrogens with one attached hydrogen (secondary N) is 1. The van der Waals surface area contributed by atoms with Crippen LogP contribution in [0.1, 0.15) is 38.3 Å².